The average molecular weight is 1550 g/mol. The smallest absolute Gasteiger partial charge is 0.328 e. The van der Waals surface area contributed by atoms with Gasteiger partial charge in [0.25, 0.3) is 11.8 Å². The van der Waals surface area contributed by atoms with Crippen molar-refractivity contribution in [2.24, 2.45) is 50.2 Å². The third kappa shape index (κ3) is 21.4. The number of ketones is 1. The molecule has 4 saturated carbocycles. The van der Waals surface area contributed by atoms with Gasteiger partial charge in [0.05, 0.1) is 45.7 Å². The number of fused-ring (bicyclic) bond motifs is 7. The van der Waals surface area contributed by atoms with Crippen molar-refractivity contribution in [1.29, 1.82) is 0 Å². The number of allylic oxidation sites excluding steroid dienone is 2. The Morgan fingerprint density at radius 2 is 0.908 bits per heavy atom. The Morgan fingerprint density at radius 1 is 0.486 bits per heavy atom. The lowest BCUT2D eigenvalue weighted by atomic mass is 9.33. The van der Waals surface area contributed by atoms with Gasteiger partial charge in [-0.2, -0.15) is 0 Å². The van der Waals surface area contributed by atoms with E-state index < -0.39 is 166 Å². The van der Waals surface area contributed by atoms with E-state index in [-0.39, 0.29) is 114 Å². The fraction of sp³-hybridized carbons (Fsp3) is 0.852. The van der Waals surface area contributed by atoms with Gasteiger partial charge in [0, 0.05) is 30.6 Å². The van der Waals surface area contributed by atoms with Crippen molar-refractivity contribution in [2.75, 3.05) is 39.6 Å². The van der Waals surface area contributed by atoms with Gasteiger partial charge in [-0.05, 0) is 161 Å². The van der Waals surface area contributed by atoms with Crippen molar-refractivity contribution in [3.63, 3.8) is 0 Å². The summed E-state index contributed by atoms with van der Waals surface area (Å²) in [5.41, 5.74) is -2.90. The maximum Gasteiger partial charge on any atom is 0.328 e. The van der Waals surface area contributed by atoms with Crippen LogP contribution in [0.4, 0.5) is 0 Å². The van der Waals surface area contributed by atoms with Gasteiger partial charge in [-0.25, -0.2) is 14.4 Å². The zero-order valence-electron chi connectivity index (χ0n) is 67.1. The fourth-order valence-electron chi connectivity index (χ4n) is 18.2. The number of ether oxygens (including phenoxy) is 10. The predicted octanol–water partition coefficient (Wildman–Crippen LogP) is 7.85. The second-order valence-electron chi connectivity index (χ2n) is 33.7. The number of unbranched alkanes of at least 4 members (excludes halogenated alkanes) is 6. The van der Waals surface area contributed by atoms with Crippen molar-refractivity contribution >= 4 is 59.3 Å². The number of hydrogen-bond donors (Lipinski definition) is 8. The van der Waals surface area contributed by atoms with E-state index in [1.165, 1.54) is 0 Å². The van der Waals surface area contributed by atoms with Gasteiger partial charge in [-0.1, -0.05) is 134 Å². The Morgan fingerprint density at radius 3 is 1.37 bits per heavy atom. The molecule has 7 aliphatic rings. The normalized spacial score (nSPS) is 34.0. The second-order valence-corrected chi connectivity index (χ2v) is 33.7. The number of carbonyl (C=O) groups excluding carboxylic acids is 10. The molecule has 109 heavy (non-hydrogen) atoms. The monoisotopic (exact) mass is 1550 g/mol. The fourth-order valence-corrected chi connectivity index (χ4v) is 18.2. The van der Waals surface area contributed by atoms with Crippen molar-refractivity contribution in [1.82, 2.24) is 16.0 Å². The van der Waals surface area contributed by atoms with Crippen LogP contribution in [0, 0.1) is 50.2 Å². The van der Waals surface area contributed by atoms with E-state index in [4.69, 9.17) is 47.4 Å². The topological polar surface area (TPSA) is 400 Å². The maximum absolute atomic E-state index is 15.8. The van der Waals surface area contributed by atoms with Gasteiger partial charge in [0.2, 0.25) is 5.91 Å². The summed E-state index contributed by atoms with van der Waals surface area (Å²) in [5.74, 6) is -7.83. The van der Waals surface area contributed by atoms with Crippen LogP contribution in [0.3, 0.4) is 0 Å². The SMILES string of the molecule is CCCCOC(=O)CCC(NC(=O)C1OC(OC2C(OC3CC[C@@]4(C)C(CC[C@]5(C)C4C(=O)C=C4C6C[C@@](C)(C(=O)NC(CCC(=O)OCCCC)C(=O)OCCCC)CC[C@]6(C)CC[C@]45C)C3(C)C)OC(C(=O)NC(CCC(=O)OCCCC)C(=O)OCCCC)C(O)C2O)C(O)C(O)C1O)C(=O)OCCCC. The van der Waals surface area contributed by atoms with E-state index in [1.54, 1.807) is 0 Å². The van der Waals surface area contributed by atoms with Crippen LogP contribution in [-0.2, 0) is 95.3 Å². The summed E-state index contributed by atoms with van der Waals surface area (Å²) in [5, 5.41) is 67.2. The first-order valence-corrected chi connectivity index (χ1v) is 40.8. The Balaban J connectivity index is 1.18. The summed E-state index contributed by atoms with van der Waals surface area (Å²) in [4.78, 5) is 139. The van der Waals surface area contributed by atoms with Crippen LogP contribution >= 0.6 is 0 Å². The molecule has 2 aliphatic heterocycles. The van der Waals surface area contributed by atoms with E-state index in [0.29, 0.717) is 89.9 Å². The summed E-state index contributed by atoms with van der Waals surface area (Å²) in [6.07, 6.45) is -8.54. The molecular weight excluding hydrogens is 1410 g/mol. The minimum absolute atomic E-state index is 0.00691. The molecule has 620 valence electrons. The van der Waals surface area contributed by atoms with Crippen LogP contribution in [-0.4, -0.2) is 210 Å². The molecule has 0 bridgehead atoms. The summed E-state index contributed by atoms with van der Waals surface area (Å²) < 4.78 is 58.4. The molecule has 7 rings (SSSR count). The van der Waals surface area contributed by atoms with E-state index in [9.17, 15) is 68.7 Å². The minimum Gasteiger partial charge on any atom is -0.466 e. The number of nitrogens with one attached hydrogen (secondary N) is 3. The van der Waals surface area contributed by atoms with Gasteiger partial charge in [-0.3, -0.25) is 33.6 Å². The molecule has 28 nitrogen and oxygen atoms in total. The van der Waals surface area contributed by atoms with E-state index in [0.717, 1.165) is 44.1 Å². The second kappa shape index (κ2) is 40.3. The summed E-state index contributed by atoms with van der Waals surface area (Å²) in [6, 6.07) is -4.07. The number of amides is 3. The van der Waals surface area contributed by atoms with Crippen LogP contribution in [0.5, 0.6) is 0 Å². The highest BCUT2D eigenvalue weighted by atomic mass is 16.8. The lowest BCUT2D eigenvalue weighted by Gasteiger charge is -2.70. The Kier molecular flexibility index (Phi) is 33.5. The third-order valence-corrected chi connectivity index (χ3v) is 25.5. The molecule has 17 unspecified atom stereocenters. The molecule has 8 N–H and O–H groups in total. The molecule has 22 atom stereocenters. The van der Waals surface area contributed by atoms with Gasteiger partial charge in [0.1, 0.15) is 54.7 Å². The van der Waals surface area contributed by atoms with Crippen LogP contribution in [0.1, 0.15) is 263 Å². The quantitative estimate of drug-likeness (QED) is 0.0125. The molecular formula is C81H131N3O25. The highest BCUT2D eigenvalue weighted by Crippen LogP contribution is 2.75. The highest BCUT2D eigenvalue weighted by molar-refractivity contribution is 5.96. The molecule has 3 amide bonds. The number of hydrogen-bond acceptors (Lipinski definition) is 25. The molecule has 0 aromatic rings. The van der Waals surface area contributed by atoms with Crippen LogP contribution in [0.2, 0.25) is 0 Å². The largest absolute Gasteiger partial charge is 0.466 e. The lowest BCUT2D eigenvalue weighted by molar-refractivity contribution is -0.369. The molecule has 28 heteroatoms. The summed E-state index contributed by atoms with van der Waals surface area (Å²) >= 11 is 0. The van der Waals surface area contributed by atoms with E-state index >= 15 is 4.79 Å². The predicted molar refractivity (Wildman–Crippen MR) is 395 cm³/mol. The maximum atomic E-state index is 15.8. The summed E-state index contributed by atoms with van der Waals surface area (Å²) in [6.45, 7) is 27.1. The molecule has 5 aliphatic carbocycles. The zero-order chi connectivity index (χ0) is 80.4. The molecule has 2 heterocycles. The number of carbonyl (C=O) groups is 10. The van der Waals surface area contributed by atoms with Crippen molar-refractivity contribution in [3.8, 4) is 0 Å². The molecule has 6 fully saturated rings. The Hall–Kier alpha value is -5.72. The first-order chi connectivity index (χ1) is 51.6. The first kappa shape index (κ1) is 90.5. The number of aliphatic hydroxyl groups excluding tert-OH is 5. The summed E-state index contributed by atoms with van der Waals surface area (Å²) in [7, 11) is 0. The van der Waals surface area contributed by atoms with Crippen molar-refractivity contribution in [3.05, 3.63) is 11.6 Å². The molecule has 0 aromatic heterocycles. The minimum atomic E-state index is -2.22. The van der Waals surface area contributed by atoms with Crippen molar-refractivity contribution in [2.45, 2.75) is 349 Å². The van der Waals surface area contributed by atoms with Crippen molar-refractivity contribution < 1.29 is 121 Å². The van der Waals surface area contributed by atoms with Gasteiger partial charge in [-0.15, -0.1) is 0 Å². The number of esters is 6. The third-order valence-electron chi connectivity index (χ3n) is 25.5. The number of aliphatic hydroxyl groups is 5. The molecule has 0 aromatic carbocycles. The molecule has 2 saturated heterocycles. The van der Waals surface area contributed by atoms with Crippen LogP contribution in [0.25, 0.3) is 0 Å². The Bertz CT molecular complexity index is 3130. The lowest BCUT2D eigenvalue weighted by Crippen LogP contribution is -2.69. The molecule has 0 spiro atoms. The van der Waals surface area contributed by atoms with Crippen LogP contribution < -0.4 is 16.0 Å². The number of rotatable bonds is 40. The Labute approximate surface area is 644 Å². The van der Waals surface area contributed by atoms with Crippen LogP contribution in [0.15, 0.2) is 11.6 Å². The average Bonchev–Trinajstić information content (AvgIpc) is 0.672. The van der Waals surface area contributed by atoms with Gasteiger partial charge >= 0.3 is 35.8 Å². The zero-order valence-corrected chi connectivity index (χ0v) is 67.1. The van der Waals surface area contributed by atoms with Gasteiger partial charge < -0.3 is 88.9 Å². The first-order valence-electron chi connectivity index (χ1n) is 40.8. The highest BCUT2D eigenvalue weighted by Gasteiger charge is 2.71. The standard InChI is InChI=1S/C81H131N3O25/c1-14-20-40-100-56(86)29-26-50(70(96)103-43-23-17-4)82-68(94)64-60(90)59(89)63(93)73(107-64)109-66-62(92)61(91)65(69(95)83-51(71(97)104-44-24-18-5)27-30-57(87)101-41-21-15-2)108-74(66)106-55-33-34-79(11)54(76(55,7)8)32-35-81(13)67(79)53(85)46-48-49-47-78(10,37-36-77(49,9)38-39-80(48,81)12)75(99)84-52(72(98)105-45-25-19-6)28-31-58(88)102-42-22-16-3/h46,49-52,54-55,59-67,73-74,89-93H,14-45,47H2,1-13H3,(H,82,94)(H,83,95)(H,84,99)/t49?,50?,51?,52?,54?,55?,59?,60?,61?,62?,63?,64?,65?,66?,67?,73?,74?,77-,78+,79+,80-,81-/m1/s1. The van der Waals surface area contributed by atoms with E-state index in [1.807, 2.05) is 68.4 Å². The van der Waals surface area contributed by atoms with Gasteiger partial charge in [0.15, 0.2) is 30.6 Å². The molecule has 0 radical (unpaired) electrons. The van der Waals surface area contributed by atoms with E-state index in [2.05, 4.69) is 43.6 Å².